The zero-order chi connectivity index (χ0) is 19.6. The number of rotatable bonds is 4. The first kappa shape index (κ1) is 18.2. The maximum absolute atomic E-state index is 12.6. The van der Waals surface area contributed by atoms with Crippen molar-refractivity contribution in [1.29, 1.82) is 0 Å². The number of ether oxygens (including phenoxy) is 2. The van der Waals surface area contributed by atoms with Crippen LogP contribution < -0.4 is 0 Å². The molecule has 4 heterocycles. The summed E-state index contributed by atoms with van der Waals surface area (Å²) >= 11 is 0. The molecule has 5 rings (SSSR count). The number of amides is 1. The van der Waals surface area contributed by atoms with Crippen LogP contribution in [0.2, 0.25) is 0 Å². The van der Waals surface area contributed by atoms with Crippen molar-refractivity contribution in [3.05, 3.63) is 54.9 Å². The molecule has 2 aromatic heterocycles. The second-order valence-electron chi connectivity index (χ2n) is 7.53. The van der Waals surface area contributed by atoms with Crippen LogP contribution in [0.15, 0.2) is 49.2 Å². The molecule has 0 unspecified atom stereocenters. The van der Waals surface area contributed by atoms with Gasteiger partial charge < -0.3 is 18.9 Å². The van der Waals surface area contributed by atoms with E-state index in [-0.39, 0.29) is 24.2 Å². The van der Waals surface area contributed by atoms with Gasteiger partial charge in [0.25, 0.3) is 0 Å². The first-order valence-electron chi connectivity index (χ1n) is 9.95. The number of benzene rings is 1. The number of carbonyl (C=O) groups excluding carboxylic acids is 1. The summed E-state index contributed by atoms with van der Waals surface area (Å²) in [5.74, 6) is 0.105. The average molecular weight is 393 g/mol. The lowest BCUT2D eigenvalue weighted by Crippen LogP contribution is -2.31. The molecule has 2 atom stereocenters. The van der Waals surface area contributed by atoms with Gasteiger partial charge in [0, 0.05) is 38.1 Å². The van der Waals surface area contributed by atoms with Crippen LogP contribution in [0.4, 0.5) is 0 Å². The molecule has 2 aliphatic heterocycles. The van der Waals surface area contributed by atoms with Crippen molar-refractivity contribution in [2.45, 2.75) is 31.1 Å². The van der Waals surface area contributed by atoms with Crippen LogP contribution in [0.3, 0.4) is 0 Å². The zero-order valence-electron chi connectivity index (χ0n) is 16.1. The highest BCUT2D eigenvalue weighted by molar-refractivity contribution is 5.77. The van der Waals surface area contributed by atoms with E-state index in [2.05, 4.69) is 25.6 Å². The molecule has 0 aliphatic carbocycles. The topological polar surface area (TPSA) is 82.4 Å². The summed E-state index contributed by atoms with van der Waals surface area (Å²) in [5.41, 5.74) is 2.88. The number of fused-ring (bicyclic) bond motifs is 2. The average Bonchev–Trinajstić information content (AvgIpc) is 3.33. The van der Waals surface area contributed by atoms with E-state index in [1.807, 2.05) is 29.4 Å². The Bertz CT molecular complexity index is 976. The minimum Gasteiger partial charge on any atom is -0.371 e. The number of para-hydroxylation sites is 2. The quantitative estimate of drug-likeness (QED) is 0.670. The number of aryl methyl sites for hydroxylation is 1. The summed E-state index contributed by atoms with van der Waals surface area (Å²) in [4.78, 5) is 27.2. The molecule has 1 amide bonds. The molecule has 0 radical (unpaired) electrons. The number of aromatic nitrogens is 4. The zero-order valence-corrected chi connectivity index (χ0v) is 16.1. The van der Waals surface area contributed by atoms with Gasteiger partial charge in [0.2, 0.25) is 5.91 Å². The Morgan fingerprint density at radius 3 is 2.62 bits per heavy atom. The molecule has 8 nitrogen and oxygen atoms in total. The van der Waals surface area contributed by atoms with E-state index in [4.69, 9.17) is 9.47 Å². The fourth-order valence-electron chi connectivity index (χ4n) is 4.07. The van der Waals surface area contributed by atoms with Crippen molar-refractivity contribution in [2.24, 2.45) is 0 Å². The SMILES string of the molecule is O=C(CCc1cnccn1)N1C[C@@H]2OCC(n3cnc4ccccc43)CO[C@H]2C1. The summed E-state index contributed by atoms with van der Waals surface area (Å²) in [6.45, 7) is 2.23. The Hall–Kier alpha value is -2.84. The fourth-order valence-corrected chi connectivity index (χ4v) is 4.07. The number of hydrogen-bond donors (Lipinski definition) is 0. The van der Waals surface area contributed by atoms with Crippen LogP contribution in [0.25, 0.3) is 11.0 Å². The Morgan fingerprint density at radius 1 is 1.07 bits per heavy atom. The molecule has 0 bridgehead atoms. The smallest absolute Gasteiger partial charge is 0.223 e. The highest BCUT2D eigenvalue weighted by atomic mass is 16.6. The number of imidazole rings is 1. The van der Waals surface area contributed by atoms with Gasteiger partial charge in [-0.3, -0.25) is 14.8 Å². The molecule has 1 aromatic carbocycles. The normalized spacial score (nSPS) is 22.6. The van der Waals surface area contributed by atoms with Crippen molar-refractivity contribution in [2.75, 3.05) is 26.3 Å². The van der Waals surface area contributed by atoms with Crippen LogP contribution in [0, 0.1) is 0 Å². The van der Waals surface area contributed by atoms with Crippen LogP contribution in [0.5, 0.6) is 0 Å². The highest BCUT2D eigenvalue weighted by Gasteiger charge is 2.39. The van der Waals surface area contributed by atoms with Crippen LogP contribution >= 0.6 is 0 Å². The lowest BCUT2D eigenvalue weighted by atomic mass is 10.2. The van der Waals surface area contributed by atoms with Crippen LogP contribution in [-0.2, 0) is 20.7 Å². The monoisotopic (exact) mass is 393 g/mol. The predicted octanol–water partition coefficient (Wildman–Crippen LogP) is 1.63. The lowest BCUT2D eigenvalue weighted by molar-refractivity contribution is -0.131. The molecule has 2 aliphatic rings. The molecule has 2 saturated heterocycles. The van der Waals surface area contributed by atoms with Gasteiger partial charge in [-0.1, -0.05) is 12.1 Å². The Morgan fingerprint density at radius 2 is 1.86 bits per heavy atom. The number of likely N-dealkylation sites (tertiary alicyclic amines) is 1. The molecule has 8 heteroatoms. The second kappa shape index (κ2) is 7.88. The second-order valence-corrected chi connectivity index (χ2v) is 7.53. The van der Waals surface area contributed by atoms with Crippen molar-refractivity contribution in [3.63, 3.8) is 0 Å². The van der Waals surface area contributed by atoms with Crippen molar-refractivity contribution in [3.8, 4) is 0 Å². The van der Waals surface area contributed by atoms with Crippen molar-refractivity contribution >= 4 is 16.9 Å². The van der Waals surface area contributed by atoms with Crippen LogP contribution in [-0.4, -0.2) is 68.8 Å². The molecule has 0 spiro atoms. The summed E-state index contributed by atoms with van der Waals surface area (Å²) in [5, 5.41) is 0. The summed E-state index contributed by atoms with van der Waals surface area (Å²) in [6, 6.07) is 8.14. The molecular formula is C21H23N5O3. The third-order valence-corrected chi connectivity index (χ3v) is 5.66. The molecule has 0 N–H and O–H groups in total. The van der Waals surface area contributed by atoms with Crippen LogP contribution in [0.1, 0.15) is 18.2 Å². The lowest BCUT2D eigenvalue weighted by Gasteiger charge is -2.20. The van der Waals surface area contributed by atoms with Gasteiger partial charge in [-0.15, -0.1) is 0 Å². The van der Waals surface area contributed by atoms with Gasteiger partial charge in [0.15, 0.2) is 0 Å². The number of carbonyl (C=O) groups is 1. The number of nitrogens with zero attached hydrogens (tertiary/aromatic N) is 5. The van der Waals surface area contributed by atoms with Gasteiger partial charge in [-0.2, -0.15) is 0 Å². The first-order chi connectivity index (χ1) is 14.3. The van der Waals surface area contributed by atoms with E-state index < -0.39 is 0 Å². The minimum atomic E-state index is -0.0877. The van der Waals surface area contributed by atoms with Crippen molar-refractivity contribution < 1.29 is 14.3 Å². The van der Waals surface area contributed by atoms with Gasteiger partial charge in [-0.05, 0) is 18.6 Å². The van der Waals surface area contributed by atoms with Gasteiger partial charge >= 0.3 is 0 Å². The number of hydrogen-bond acceptors (Lipinski definition) is 6. The maximum Gasteiger partial charge on any atom is 0.223 e. The fraction of sp³-hybridized carbons (Fsp3) is 0.429. The largest absolute Gasteiger partial charge is 0.371 e. The van der Waals surface area contributed by atoms with Gasteiger partial charge in [-0.25, -0.2) is 4.98 Å². The standard InChI is InChI=1S/C21H23N5O3/c27-21(6-5-15-9-22-7-8-23-15)25-10-19-20(11-25)29-13-16(12-28-19)26-14-24-17-3-1-2-4-18(17)26/h1-4,7-9,14,16,19-20H,5-6,10-13H2/t19-,20-/m0/s1. The summed E-state index contributed by atoms with van der Waals surface area (Å²) < 4.78 is 14.5. The minimum absolute atomic E-state index is 0.0776. The van der Waals surface area contributed by atoms with Gasteiger partial charge in [0.05, 0.1) is 42.3 Å². The van der Waals surface area contributed by atoms with E-state index in [0.717, 1.165) is 16.7 Å². The molecule has 3 aromatic rings. The maximum atomic E-state index is 12.6. The van der Waals surface area contributed by atoms with E-state index in [1.54, 1.807) is 18.6 Å². The third-order valence-electron chi connectivity index (χ3n) is 5.66. The third kappa shape index (κ3) is 3.73. The first-order valence-corrected chi connectivity index (χ1v) is 9.95. The summed E-state index contributed by atoms with van der Waals surface area (Å²) in [7, 11) is 0. The van der Waals surface area contributed by atoms with Crippen molar-refractivity contribution in [1.82, 2.24) is 24.4 Å². The van der Waals surface area contributed by atoms with E-state index in [9.17, 15) is 4.79 Å². The summed E-state index contributed by atoms with van der Waals surface area (Å²) in [6.07, 6.45) is 7.67. The van der Waals surface area contributed by atoms with Gasteiger partial charge in [0.1, 0.15) is 12.2 Å². The van der Waals surface area contributed by atoms with E-state index >= 15 is 0 Å². The Balaban J connectivity index is 1.19. The highest BCUT2D eigenvalue weighted by Crippen LogP contribution is 2.26. The van der Waals surface area contributed by atoms with E-state index in [0.29, 0.717) is 39.1 Å². The molecule has 0 saturated carbocycles. The Kier molecular flexibility index (Phi) is 4.95. The molecule has 2 fully saturated rings. The van der Waals surface area contributed by atoms with E-state index in [1.165, 1.54) is 0 Å². The molecule has 150 valence electrons. The molecular weight excluding hydrogens is 370 g/mol. The Labute approximate surface area is 168 Å². The molecule has 29 heavy (non-hydrogen) atoms. The predicted molar refractivity (Wildman–Crippen MR) is 105 cm³/mol.